The molecule has 0 fully saturated rings. The molecular weight excluding hydrogens is 338 g/mol. The van der Waals surface area contributed by atoms with E-state index in [1.165, 1.54) is 18.2 Å². The predicted molar refractivity (Wildman–Crippen MR) is 96.0 cm³/mol. The summed E-state index contributed by atoms with van der Waals surface area (Å²) in [5.74, 6) is -1.25. The van der Waals surface area contributed by atoms with Crippen molar-refractivity contribution in [3.05, 3.63) is 69.8 Å². The standard InChI is InChI=1S/C18H19N3O5/c1-20(2)15-8-6-13(7-9-15)11-19-17(22)12-26-18(23)14-4-3-5-16(10-14)21(24)25/h3-10H,11-12H2,1-2H3,(H,19,22). The minimum Gasteiger partial charge on any atom is -0.452 e. The molecule has 0 saturated carbocycles. The quantitative estimate of drug-likeness (QED) is 0.463. The molecule has 0 aliphatic rings. The number of nitrogens with one attached hydrogen (secondary N) is 1. The highest BCUT2D eigenvalue weighted by molar-refractivity contribution is 5.91. The van der Waals surface area contributed by atoms with Crippen molar-refractivity contribution in [1.29, 1.82) is 0 Å². The minimum absolute atomic E-state index is 0.0197. The Hall–Kier alpha value is -3.42. The minimum atomic E-state index is -0.792. The largest absolute Gasteiger partial charge is 0.452 e. The lowest BCUT2D eigenvalue weighted by Gasteiger charge is -2.13. The smallest absolute Gasteiger partial charge is 0.338 e. The van der Waals surface area contributed by atoms with Gasteiger partial charge in [0.15, 0.2) is 6.61 Å². The molecule has 0 aromatic heterocycles. The van der Waals surface area contributed by atoms with Gasteiger partial charge in [-0.1, -0.05) is 18.2 Å². The third kappa shape index (κ3) is 5.30. The molecule has 0 heterocycles. The second-order valence-electron chi connectivity index (χ2n) is 5.72. The molecule has 1 amide bonds. The Morgan fingerprint density at radius 3 is 2.46 bits per heavy atom. The Kier molecular flexibility index (Phi) is 6.26. The van der Waals surface area contributed by atoms with Gasteiger partial charge < -0.3 is 15.0 Å². The van der Waals surface area contributed by atoms with E-state index in [2.05, 4.69) is 5.32 Å². The lowest BCUT2D eigenvalue weighted by atomic mass is 10.2. The molecule has 2 rings (SSSR count). The van der Waals surface area contributed by atoms with Crippen molar-refractivity contribution in [1.82, 2.24) is 5.32 Å². The van der Waals surface area contributed by atoms with Crippen molar-refractivity contribution < 1.29 is 19.2 Å². The first-order chi connectivity index (χ1) is 12.4. The Bertz CT molecular complexity index is 803. The third-order valence-corrected chi connectivity index (χ3v) is 3.57. The van der Waals surface area contributed by atoms with E-state index in [4.69, 9.17) is 4.74 Å². The summed E-state index contributed by atoms with van der Waals surface area (Å²) in [6, 6.07) is 12.8. The normalized spacial score (nSPS) is 10.1. The number of nitro benzene ring substituents is 1. The van der Waals surface area contributed by atoms with E-state index in [0.29, 0.717) is 6.54 Å². The molecule has 0 radical (unpaired) electrons. The maximum Gasteiger partial charge on any atom is 0.338 e. The van der Waals surface area contributed by atoms with Crippen LogP contribution in [0.5, 0.6) is 0 Å². The van der Waals surface area contributed by atoms with Gasteiger partial charge in [0.2, 0.25) is 0 Å². The molecule has 136 valence electrons. The average molecular weight is 357 g/mol. The number of hydrogen-bond donors (Lipinski definition) is 1. The Balaban J connectivity index is 1.82. The fourth-order valence-corrected chi connectivity index (χ4v) is 2.12. The van der Waals surface area contributed by atoms with Crippen LogP contribution in [-0.2, 0) is 16.1 Å². The van der Waals surface area contributed by atoms with Gasteiger partial charge in [0.05, 0.1) is 10.5 Å². The van der Waals surface area contributed by atoms with Gasteiger partial charge in [-0.2, -0.15) is 0 Å². The second-order valence-corrected chi connectivity index (χ2v) is 5.72. The maximum absolute atomic E-state index is 11.9. The van der Waals surface area contributed by atoms with E-state index in [9.17, 15) is 19.7 Å². The number of nitrogens with zero attached hydrogens (tertiary/aromatic N) is 2. The highest BCUT2D eigenvalue weighted by Gasteiger charge is 2.14. The topological polar surface area (TPSA) is 102 Å². The molecule has 2 aromatic rings. The summed E-state index contributed by atoms with van der Waals surface area (Å²) >= 11 is 0. The van der Waals surface area contributed by atoms with Crippen LogP contribution >= 0.6 is 0 Å². The number of ether oxygens (including phenoxy) is 1. The van der Waals surface area contributed by atoms with Crippen molar-refractivity contribution in [2.24, 2.45) is 0 Å². The summed E-state index contributed by atoms with van der Waals surface area (Å²) in [7, 11) is 3.87. The van der Waals surface area contributed by atoms with Crippen LogP contribution in [0.4, 0.5) is 11.4 Å². The number of carbonyl (C=O) groups is 2. The SMILES string of the molecule is CN(C)c1ccc(CNC(=O)COC(=O)c2cccc([N+](=O)[O-])c2)cc1. The van der Waals surface area contributed by atoms with Crippen LogP contribution in [0, 0.1) is 10.1 Å². The molecule has 0 saturated heterocycles. The van der Waals surface area contributed by atoms with Crippen LogP contribution in [-0.4, -0.2) is 37.5 Å². The number of nitro groups is 1. The highest BCUT2D eigenvalue weighted by Crippen LogP contribution is 2.14. The fraction of sp³-hybridized carbons (Fsp3) is 0.222. The summed E-state index contributed by atoms with van der Waals surface area (Å²) in [5, 5.41) is 13.4. The Morgan fingerprint density at radius 2 is 1.85 bits per heavy atom. The van der Waals surface area contributed by atoms with E-state index < -0.39 is 23.4 Å². The molecule has 0 spiro atoms. The van der Waals surface area contributed by atoms with Gasteiger partial charge in [0.25, 0.3) is 11.6 Å². The lowest BCUT2D eigenvalue weighted by molar-refractivity contribution is -0.384. The van der Waals surface area contributed by atoms with E-state index in [1.807, 2.05) is 43.3 Å². The Morgan fingerprint density at radius 1 is 1.15 bits per heavy atom. The number of anilines is 1. The maximum atomic E-state index is 11.9. The molecule has 8 heteroatoms. The summed E-state index contributed by atoms with van der Waals surface area (Å²) in [5.41, 5.74) is 1.76. The molecule has 2 aromatic carbocycles. The molecule has 0 aliphatic carbocycles. The van der Waals surface area contributed by atoms with Gasteiger partial charge in [-0.15, -0.1) is 0 Å². The van der Waals surface area contributed by atoms with Crippen LogP contribution in [0.3, 0.4) is 0 Å². The summed E-state index contributed by atoms with van der Waals surface area (Å²) in [6.07, 6.45) is 0. The van der Waals surface area contributed by atoms with Crippen LogP contribution < -0.4 is 10.2 Å². The van der Waals surface area contributed by atoms with Crippen LogP contribution in [0.15, 0.2) is 48.5 Å². The summed E-state index contributed by atoms with van der Waals surface area (Å²) < 4.78 is 4.88. The molecule has 0 bridgehead atoms. The Labute approximate surface area is 150 Å². The molecule has 0 aliphatic heterocycles. The van der Waals surface area contributed by atoms with Gasteiger partial charge in [0.1, 0.15) is 0 Å². The van der Waals surface area contributed by atoms with Crippen LogP contribution in [0.1, 0.15) is 15.9 Å². The number of benzene rings is 2. The first-order valence-electron chi connectivity index (χ1n) is 7.81. The molecule has 8 nitrogen and oxygen atoms in total. The first kappa shape index (κ1) is 18.9. The molecule has 1 N–H and O–H groups in total. The van der Waals surface area contributed by atoms with Crippen molar-refractivity contribution in [2.75, 3.05) is 25.6 Å². The van der Waals surface area contributed by atoms with Crippen LogP contribution in [0.2, 0.25) is 0 Å². The molecule has 0 unspecified atom stereocenters. The van der Waals surface area contributed by atoms with E-state index >= 15 is 0 Å². The number of esters is 1. The second kappa shape index (κ2) is 8.61. The van der Waals surface area contributed by atoms with Crippen molar-refractivity contribution in [2.45, 2.75) is 6.54 Å². The summed E-state index contributed by atoms with van der Waals surface area (Å²) in [4.78, 5) is 35.7. The third-order valence-electron chi connectivity index (χ3n) is 3.57. The zero-order chi connectivity index (χ0) is 19.1. The van der Waals surface area contributed by atoms with E-state index in [1.54, 1.807) is 0 Å². The van der Waals surface area contributed by atoms with E-state index in [0.717, 1.165) is 17.3 Å². The number of non-ortho nitro benzene ring substituents is 1. The van der Waals surface area contributed by atoms with Crippen LogP contribution in [0.25, 0.3) is 0 Å². The zero-order valence-corrected chi connectivity index (χ0v) is 14.5. The number of hydrogen-bond acceptors (Lipinski definition) is 6. The molecular formula is C18H19N3O5. The van der Waals surface area contributed by atoms with Gasteiger partial charge in [-0.3, -0.25) is 14.9 Å². The lowest BCUT2D eigenvalue weighted by Crippen LogP contribution is -2.28. The monoisotopic (exact) mass is 357 g/mol. The fourth-order valence-electron chi connectivity index (χ4n) is 2.12. The number of rotatable bonds is 7. The van der Waals surface area contributed by atoms with Crippen molar-refractivity contribution in [3.63, 3.8) is 0 Å². The van der Waals surface area contributed by atoms with Crippen molar-refractivity contribution >= 4 is 23.3 Å². The summed E-state index contributed by atoms with van der Waals surface area (Å²) in [6.45, 7) is -0.155. The molecule has 0 atom stereocenters. The van der Waals surface area contributed by atoms with Gasteiger partial charge in [0, 0.05) is 38.5 Å². The first-order valence-corrected chi connectivity index (χ1v) is 7.81. The number of amides is 1. The van der Waals surface area contributed by atoms with Crippen molar-refractivity contribution in [3.8, 4) is 0 Å². The number of carbonyl (C=O) groups excluding carboxylic acids is 2. The van der Waals surface area contributed by atoms with E-state index in [-0.39, 0.29) is 11.3 Å². The van der Waals surface area contributed by atoms with Gasteiger partial charge in [-0.05, 0) is 23.8 Å². The van der Waals surface area contributed by atoms with Gasteiger partial charge in [-0.25, -0.2) is 4.79 Å². The highest BCUT2D eigenvalue weighted by atomic mass is 16.6. The van der Waals surface area contributed by atoms with Gasteiger partial charge >= 0.3 is 5.97 Å². The average Bonchev–Trinajstić information content (AvgIpc) is 2.64. The zero-order valence-electron chi connectivity index (χ0n) is 14.5. The molecule has 26 heavy (non-hydrogen) atoms. The predicted octanol–water partition coefficient (Wildman–Crippen LogP) is 2.13.